The molecule has 1 saturated heterocycles. The summed E-state index contributed by atoms with van der Waals surface area (Å²) in [6, 6.07) is 8.28. The second-order valence-electron chi connectivity index (χ2n) is 12.2. The summed E-state index contributed by atoms with van der Waals surface area (Å²) in [6.45, 7) is 3.36. The average molecular weight is 722 g/mol. The normalized spacial score (nSPS) is 17.1. The van der Waals surface area contributed by atoms with Gasteiger partial charge in [0.2, 0.25) is 15.9 Å². The molecule has 1 unspecified atom stereocenters. The number of alkyl halides is 5. The number of amides is 1. The number of nitrogens with zero attached hydrogens (tertiary/aromatic N) is 1. The molecular formula is C33H44F5N3O7S. The smallest absolute Gasteiger partial charge is 0.490 e. The first kappa shape index (κ1) is 39.9. The SMILES string of the molecule is CCCCOc1ccc(C(F)(F)C(NS(=O)(=O)c2ccc(OCC3CCCCC3)cc2)C(=O)N2CCC(N)CC2)cc1.O=C(O)C(F)(F)F. The molecule has 1 amide bonds. The number of halogens is 5. The van der Waals surface area contributed by atoms with Crippen LogP contribution in [0.5, 0.6) is 11.5 Å². The van der Waals surface area contributed by atoms with Crippen LogP contribution in [0.3, 0.4) is 0 Å². The Hall–Kier alpha value is -3.50. The van der Waals surface area contributed by atoms with Crippen LogP contribution in [0.4, 0.5) is 22.0 Å². The molecule has 16 heteroatoms. The van der Waals surface area contributed by atoms with Gasteiger partial charge in [0.1, 0.15) is 11.5 Å². The molecule has 10 nitrogen and oxygen atoms in total. The number of sulfonamides is 1. The molecule has 274 valence electrons. The molecule has 2 aliphatic rings. The lowest BCUT2D eigenvalue weighted by Gasteiger charge is -2.35. The number of carbonyl (C=O) groups excluding carboxylic acids is 1. The number of carboxylic acid groups (broad SMARTS) is 1. The maximum Gasteiger partial charge on any atom is 0.490 e. The summed E-state index contributed by atoms with van der Waals surface area (Å²) in [5, 5.41) is 7.12. The van der Waals surface area contributed by atoms with Crippen LogP contribution in [0.2, 0.25) is 0 Å². The molecule has 0 aromatic heterocycles. The van der Waals surface area contributed by atoms with Crippen LogP contribution in [0.15, 0.2) is 53.4 Å². The first-order valence-corrected chi connectivity index (χ1v) is 17.7. The van der Waals surface area contributed by atoms with E-state index in [1.165, 1.54) is 72.7 Å². The monoisotopic (exact) mass is 721 g/mol. The van der Waals surface area contributed by atoms with Gasteiger partial charge in [-0.25, -0.2) is 13.2 Å². The summed E-state index contributed by atoms with van der Waals surface area (Å²) in [7, 11) is -4.50. The predicted octanol–water partition coefficient (Wildman–Crippen LogP) is 5.85. The highest BCUT2D eigenvalue weighted by molar-refractivity contribution is 7.89. The number of carbonyl (C=O) groups is 2. The summed E-state index contributed by atoms with van der Waals surface area (Å²) >= 11 is 0. The fraction of sp³-hybridized carbons (Fsp3) is 0.576. The average Bonchev–Trinajstić information content (AvgIpc) is 3.07. The van der Waals surface area contributed by atoms with Gasteiger partial charge in [0, 0.05) is 24.7 Å². The van der Waals surface area contributed by atoms with Crippen molar-refractivity contribution in [3.8, 4) is 11.5 Å². The number of benzene rings is 2. The van der Waals surface area contributed by atoms with E-state index in [0.717, 1.165) is 25.7 Å². The van der Waals surface area contributed by atoms with E-state index in [1.807, 2.05) is 11.6 Å². The first-order valence-electron chi connectivity index (χ1n) is 16.3. The predicted molar refractivity (Wildman–Crippen MR) is 171 cm³/mol. The second-order valence-corrected chi connectivity index (χ2v) is 13.9. The molecule has 4 N–H and O–H groups in total. The molecule has 0 bridgehead atoms. The van der Waals surface area contributed by atoms with Crippen molar-refractivity contribution in [1.29, 1.82) is 0 Å². The third-order valence-corrected chi connectivity index (χ3v) is 9.77. The van der Waals surface area contributed by atoms with Crippen molar-refractivity contribution >= 4 is 21.9 Å². The summed E-state index contributed by atoms with van der Waals surface area (Å²) in [5.74, 6) is -6.21. The number of hydrogen-bond acceptors (Lipinski definition) is 7. The fourth-order valence-electron chi connectivity index (χ4n) is 5.36. The van der Waals surface area contributed by atoms with Gasteiger partial charge in [-0.1, -0.05) is 32.6 Å². The van der Waals surface area contributed by atoms with Gasteiger partial charge >= 0.3 is 12.1 Å². The Balaban J connectivity index is 0.000000838. The second kappa shape index (κ2) is 17.9. The number of unbranched alkanes of at least 4 members (excludes halogenated alkanes) is 1. The molecule has 2 fully saturated rings. The summed E-state index contributed by atoms with van der Waals surface area (Å²) in [5.41, 5.74) is 5.45. The van der Waals surface area contributed by atoms with Crippen LogP contribution in [-0.2, 0) is 25.5 Å². The van der Waals surface area contributed by atoms with Crippen molar-refractivity contribution in [2.75, 3.05) is 26.3 Å². The van der Waals surface area contributed by atoms with Crippen molar-refractivity contribution in [1.82, 2.24) is 9.62 Å². The summed E-state index contributed by atoms with van der Waals surface area (Å²) in [4.78, 5) is 23.4. The molecule has 1 atom stereocenters. The summed E-state index contributed by atoms with van der Waals surface area (Å²) in [6.07, 6.45) is 3.38. The van der Waals surface area contributed by atoms with Crippen LogP contribution in [-0.4, -0.2) is 74.9 Å². The van der Waals surface area contributed by atoms with E-state index in [1.54, 1.807) is 0 Å². The zero-order chi connectivity index (χ0) is 36.2. The van der Waals surface area contributed by atoms with E-state index < -0.39 is 45.6 Å². The van der Waals surface area contributed by atoms with E-state index in [9.17, 15) is 26.4 Å². The molecule has 2 aromatic carbocycles. The minimum Gasteiger partial charge on any atom is -0.494 e. The number of piperidine rings is 1. The Morgan fingerprint density at radius 3 is 1.98 bits per heavy atom. The Morgan fingerprint density at radius 1 is 0.918 bits per heavy atom. The van der Waals surface area contributed by atoms with E-state index >= 15 is 8.78 Å². The maximum absolute atomic E-state index is 16.1. The lowest BCUT2D eigenvalue weighted by Crippen LogP contribution is -2.57. The van der Waals surface area contributed by atoms with Crippen LogP contribution >= 0.6 is 0 Å². The molecule has 0 radical (unpaired) electrons. The largest absolute Gasteiger partial charge is 0.494 e. The van der Waals surface area contributed by atoms with E-state index in [2.05, 4.69) is 0 Å². The Labute approximate surface area is 283 Å². The molecule has 1 aliphatic carbocycles. The minimum atomic E-state index is -5.08. The van der Waals surface area contributed by atoms with E-state index in [0.29, 0.717) is 43.5 Å². The number of ether oxygens (including phenoxy) is 2. The molecular weight excluding hydrogens is 677 g/mol. The van der Waals surface area contributed by atoms with E-state index in [4.69, 9.17) is 25.1 Å². The molecule has 49 heavy (non-hydrogen) atoms. The van der Waals surface area contributed by atoms with Gasteiger partial charge in [-0.2, -0.15) is 26.7 Å². The number of aliphatic carboxylic acids is 1. The van der Waals surface area contributed by atoms with E-state index in [-0.39, 0.29) is 24.0 Å². The van der Waals surface area contributed by atoms with Gasteiger partial charge in [-0.15, -0.1) is 0 Å². The lowest BCUT2D eigenvalue weighted by atomic mass is 9.90. The maximum atomic E-state index is 16.1. The van der Waals surface area contributed by atoms with Gasteiger partial charge in [0.15, 0.2) is 6.04 Å². The Kier molecular flexibility index (Phi) is 14.6. The van der Waals surface area contributed by atoms with Gasteiger partial charge in [-0.05, 0) is 86.6 Å². The fourth-order valence-corrected chi connectivity index (χ4v) is 6.55. The lowest BCUT2D eigenvalue weighted by molar-refractivity contribution is -0.192. The number of hydrogen-bond donors (Lipinski definition) is 3. The van der Waals surface area contributed by atoms with Gasteiger partial charge < -0.3 is 25.2 Å². The first-order chi connectivity index (χ1) is 23.0. The standard InChI is InChI=1S/C31H43F2N3O5S.C2HF3O2/c1-2-3-21-40-26-11-9-24(10-12-26)31(32,33)29(30(37)36-19-17-25(34)18-20-36)35-42(38,39)28-15-13-27(14-16-28)41-22-23-7-5-4-6-8-23;3-2(4,5)1(6)7/h9-16,23,25,29,35H,2-8,17-22,34H2,1H3;(H,6,7). The molecule has 1 heterocycles. The summed E-state index contributed by atoms with van der Waals surface area (Å²) < 4.78 is 104. The zero-order valence-electron chi connectivity index (χ0n) is 27.3. The molecule has 2 aromatic rings. The molecule has 1 saturated carbocycles. The van der Waals surface area contributed by atoms with Crippen LogP contribution < -0.4 is 19.9 Å². The van der Waals surface area contributed by atoms with Gasteiger partial charge in [0.25, 0.3) is 5.92 Å². The number of likely N-dealkylation sites (tertiary alicyclic amines) is 1. The number of carboxylic acids is 1. The zero-order valence-corrected chi connectivity index (χ0v) is 28.1. The molecule has 1 aliphatic heterocycles. The quantitative estimate of drug-likeness (QED) is 0.173. The highest BCUT2D eigenvalue weighted by atomic mass is 32.2. The third kappa shape index (κ3) is 12.1. The van der Waals surface area contributed by atoms with Crippen LogP contribution in [0, 0.1) is 5.92 Å². The topological polar surface area (TPSA) is 148 Å². The molecule has 4 rings (SSSR count). The van der Waals surface area contributed by atoms with Crippen molar-refractivity contribution in [2.45, 2.75) is 93.8 Å². The number of nitrogens with one attached hydrogen (secondary N) is 1. The highest BCUT2D eigenvalue weighted by Crippen LogP contribution is 2.35. The molecule has 0 spiro atoms. The van der Waals surface area contributed by atoms with Crippen molar-refractivity contribution in [3.63, 3.8) is 0 Å². The van der Waals surface area contributed by atoms with Gasteiger partial charge in [0.05, 0.1) is 18.1 Å². The number of rotatable bonds is 13. The van der Waals surface area contributed by atoms with Crippen LogP contribution in [0.1, 0.15) is 70.3 Å². The highest BCUT2D eigenvalue weighted by Gasteiger charge is 2.50. The minimum absolute atomic E-state index is 0.135. The van der Waals surface area contributed by atoms with Crippen molar-refractivity contribution < 1.29 is 54.5 Å². The third-order valence-electron chi connectivity index (χ3n) is 8.33. The van der Waals surface area contributed by atoms with Crippen molar-refractivity contribution in [2.24, 2.45) is 11.7 Å². The van der Waals surface area contributed by atoms with Gasteiger partial charge in [-0.3, -0.25) is 4.79 Å². The Bertz CT molecular complexity index is 1440. The Morgan fingerprint density at radius 2 is 1.45 bits per heavy atom. The van der Waals surface area contributed by atoms with Crippen molar-refractivity contribution in [3.05, 3.63) is 54.1 Å². The van der Waals surface area contributed by atoms with Crippen LogP contribution in [0.25, 0.3) is 0 Å². The number of nitrogens with two attached hydrogens (primary N) is 1.